The summed E-state index contributed by atoms with van der Waals surface area (Å²) >= 11 is 1.91. The van der Waals surface area contributed by atoms with Crippen LogP contribution in [0.25, 0.3) is 0 Å². The molecule has 0 aliphatic heterocycles. The van der Waals surface area contributed by atoms with Gasteiger partial charge in [-0.15, -0.1) is 11.3 Å². The zero-order chi connectivity index (χ0) is 14.7. The SMILES string of the molecule is CCOc1ccc(C(NC)C2CCCc3sccc32)cc1. The van der Waals surface area contributed by atoms with Crippen LogP contribution in [-0.4, -0.2) is 13.7 Å². The highest BCUT2D eigenvalue weighted by Crippen LogP contribution is 2.42. The third-order valence-electron chi connectivity index (χ3n) is 4.36. The first kappa shape index (κ1) is 14.6. The number of benzene rings is 1. The van der Waals surface area contributed by atoms with Crippen LogP contribution in [-0.2, 0) is 6.42 Å². The molecule has 0 amide bonds. The summed E-state index contributed by atoms with van der Waals surface area (Å²) in [6.45, 7) is 2.74. The molecule has 0 spiro atoms. The molecule has 0 saturated heterocycles. The summed E-state index contributed by atoms with van der Waals surface area (Å²) < 4.78 is 5.54. The van der Waals surface area contributed by atoms with Crippen molar-refractivity contribution in [2.24, 2.45) is 0 Å². The molecule has 21 heavy (non-hydrogen) atoms. The fraction of sp³-hybridized carbons (Fsp3) is 0.444. The van der Waals surface area contributed by atoms with Gasteiger partial charge < -0.3 is 10.1 Å². The number of hydrogen-bond acceptors (Lipinski definition) is 3. The molecule has 0 fully saturated rings. The lowest BCUT2D eigenvalue weighted by molar-refractivity contribution is 0.340. The second-order valence-corrected chi connectivity index (χ2v) is 6.57. The van der Waals surface area contributed by atoms with Gasteiger partial charge in [0.15, 0.2) is 0 Å². The Labute approximate surface area is 131 Å². The zero-order valence-electron chi connectivity index (χ0n) is 12.8. The lowest BCUT2D eigenvalue weighted by Crippen LogP contribution is -2.26. The van der Waals surface area contributed by atoms with Gasteiger partial charge in [0.25, 0.3) is 0 Å². The van der Waals surface area contributed by atoms with Crippen LogP contribution in [0.4, 0.5) is 0 Å². The summed E-state index contributed by atoms with van der Waals surface area (Å²) in [7, 11) is 2.07. The van der Waals surface area contributed by atoms with Crippen LogP contribution in [0.3, 0.4) is 0 Å². The molecule has 0 radical (unpaired) electrons. The summed E-state index contributed by atoms with van der Waals surface area (Å²) in [4.78, 5) is 1.58. The minimum Gasteiger partial charge on any atom is -0.494 e. The van der Waals surface area contributed by atoms with Crippen molar-refractivity contribution in [2.45, 2.75) is 38.1 Å². The third kappa shape index (κ3) is 2.99. The molecule has 1 aliphatic rings. The molecule has 1 aromatic heterocycles. The Kier molecular flexibility index (Phi) is 4.61. The van der Waals surface area contributed by atoms with E-state index in [4.69, 9.17) is 4.74 Å². The topological polar surface area (TPSA) is 21.3 Å². The average Bonchev–Trinajstić information content (AvgIpc) is 2.99. The minimum absolute atomic E-state index is 0.384. The van der Waals surface area contributed by atoms with Crippen LogP contribution in [0, 0.1) is 0 Å². The van der Waals surface area contributed by atoms with Gasteiger partial charge in [0.1, 0.15) is 5.75 Å². The Balaban J connectivity index is 1.86. The van der Waals surface area contributed by atoms with E-state index >= 15 is 0 Å². The van der Waals surface area contributed by atoms with Crippen molar-refractivity contribution in [3.63, 3.8) is 0 Å². The second kappa shape index (κ2) is 6.63. The lowest BCUT2D eigenvalue weighted by atomic mass is 9.80. The summed E-state index contributed by atoms with van der Waals surface area (Å²) in [5, 5.41) is 5.78. The number of thiophene rings is 1. The van der Waals surface area contributed by atoms with E-state index in [0.717, 1.165) is 12.4 Å². The molecule has 1 aliphatic carbocycles. The van der Waals surface area contributed by atoms with E-state index in [1.807, 2.05) is 18.3 Å². The fourth-order valence-electron chi connectivity index (χ4n) is 3.41. The molecule has 1 N–H and O–H groups in total. The predicted molar refractivity (Wildman–Crippen MR) is 89.4 cm³/mol. The number of nitrogens with one attached hydrogen (secondary N) is 1. The van der Waals surface area contributed by atoms with Crippen molar-refractivity contribution < 1.29 is 4.74 Å². The molecular weight excluding hydrogens is 278 g/mol. The van der Waals surface area contributed by atoms with Crippen LogP contribution in [0.2, 0.25) is 0 Å². The summed E-state index contributed by atoms with van der Waals surface area (Å²) in [5.74, 6) is 1.54. The van der Waals surface area contributed by atoms with Crippen molar-refractivity contribution in [3.8, 4) is 5.75 Å². The summed E-state index contributed by atoms with van der Waals surface area (Å²) in [5.41, 5.74) is 2.91. The zero-order valence-corrected chi connectivity index (χ0v) is 13.6. The van der Waals surface area contributed by atoms with E-state index < -0.39 is 0 Å². The molecule has 0 bridgehead atoms. The normalized spacial score (nSPS) is 19.0. The van der Waals surface area contributed by atoms with Crippen LogP contribution in [0.15, 0.2) is 35.7 Å². The van der Waals surface area contributed by atoms with E-state index in [0.29, 0.717) is 12.0 Å². The van der Waals surface area contributed by atoms with Gasteiger partial charge in [-0.2, -0.15) is 0 Å². The van der Waals surface area contributed by atoms with Crippen molar-refractivity contribution in [3.05, 3.63) is 51.7 Å². The van der Waals surface area contributed by atoms with Crippen molar-refractivity contribution >= 4 is 11.3 Å². The molecule has 2 unspecified atom stereocenters. The molecule has 2 aromatic rings. The largest absolute Gasteiger partial charge is 0.494 e. The van der Waals surface area contributed by atoms with E-state index in [-0.39, 0.29) is 0 Å². The molecular formula is C18H23NOS. The molecule has 2 atom stereocenters. The number of rotatable bonds is 5. The van der Waals surface area contributed by atoms with E-state index in [2.05, 4.69) is 48.1 Å². The Morgan fingerprint density at radius 1 is 1.29 bits per heavy atom. The van der Waals surface area contributed by atoms with Crippen molar-refractivity contribution in [1.29, 1.82) is 0 Å². The monoisotopic (exact) mass is 301 g/mol. The average molecular weight is 301 g/mol. The van der Waals surface area contributed by atoms with Gasteiger partial charge in [-0.3, -0.25) is 0 Å². The number of ether oxygens (including phenoxy) is 1. The Morgan fingerprint density at radius 2 is 2.10 bits per heavy atom. The van der Waals surface area contributed by atoms with Gasteiger partial charge in [-0.05, 0) is 67.9 Å². The van der Waals surface area contributed by atoms with E-state index in [1.165, 1.54) is 24.8 Å². The van der Waals surface area contributed by atoms with Gasteiger partial charge in [0.05, 0.1) is 6.61 Å². The second-order valence-electron chi connectivity index (χ2n) is 5.57. The standard InChI is InChI=1S/C18H23NOS/c1-3-20-14-9-7-13(8-10-14)18(19-2)16-5-4-6-17-15(16)11-12-21-17/h7-12,16,18-19H,3-6H2,1-2H3. The maximum atomic E-state index is 5.54. The van der Waals surface area contributed by atoms with Gasteiger partial charge in [-0.25, -0.2) is 0 Å². The highest BCUT2D eigenvalue weighted by atomic mass is 32.1. The summed E-state index contributed by atoms with van der Waals surface area (Å²) in [6.07, 6.45) is 3.82. The van der Waals surface area contributed by atoms with Crippen LogP contribution >= 0.6 is 11.3 Å². The highest BCUT2D eigenvalue weighted by Gasteiger charge is 2.28. The fourth-order valence-corrected chi connectivity index (χ4v) is 4.40. The summed E-state index contributed by atoms with van der Waals surface area (Å²) in [6, 6.07) is 11.3. The first-order valence-corrected chi connectivity index (χ1v) is 8.67. The van der Waals surface area contributed by atoms with Gasteiger partial charge in [0.2, 0.25) is 0 Å². The molecule has 112 valence electrons. The van der Waals surface area contributed by atoms with E-state index in [1.54, 1.807) is 10.4 Å². The van der Waals surface area contributed by atoms with Crippen LogP contribution in [0.5, 0.6) is 5.75 Å². The molecule has 3 rings (SSSR count). The number of aryl methyl sites for hydroxylation is 1. The van der Waals surface area contributed by atoms with Crippen LogP contribution < -0.4 is 10.1 Å². The van der Waals surface area contributed by atoms with Crippen molar-refractivity contribution in [1.82, 2.24) is 5.32 Å². The maximum absolute atomic E-state index is 5.54. The minimum atomic E-state index is 0.384. The Morgan fingerprint density at radius 3 is 2.81 bits per heavy atom. The first-order valence-electron chi connectivity index (χ1n) is 7.79. The number of hydrogen-bond donors (Lipinski definition) is 1. The first-order chi connectivity index (χ1) is 10.3. The smallest absolute Gasteiger partial charge is 0.119 e. The quantitative estimate of drug-likeness (QED) is 0.876. The number of fused-ring (bicyclic) bond motifs is 1. The van der Waals surface area contributed by atoms with Crippen LogP contribution in [0.1, 0.15) is 47.7 Å². The Bertz CT molecular complexity index is 575. The van der Waals surface area contributed by atoms with Gasteiger partial charge in [0, 0.05) is 16.8 Å². The lowest BCUT2D eigenvalue weighted by Gasteiger charge is -2.31. The molecule has 1 aromatic carbocycles. The van der Waals surface area contributed by atoms with E-state index in [9.17, 15) is 0 Å². The predicted octanol–water partition coefficient (Wildman–Crippen LogP) is 4.53. The molecule has 0 saturated carbocycles. The third-order valence-corrected chi connectivity index (χ3v) is 5.36. The van der Waals surface area contributed by atoms with Crippen molar-refractivity contribution in [2.75, 3.05) is 13.7 Å². The maximum Gasteiger partial charge on any atom is 0.119 e. The molecule has 3 heteroatoms. The van der Waals surface area contributed by atoms with Gasteiger partial charge in [-0.1, -0.05) is 12.1 Å². The Hall–Kier alpha value is -1.32. The molecule has 2 nitrogen and oxygen atoms in total. The number of likely N-dealkylation sites (N-methyl/N-ethyl adjacent to an activating group) is 1. The molecule has 1 heterocycles. The highest BCUT2D eigenvalue weighted by molar-refractivity contribution is 7.10. The van der Waals surface area contributed by atoms with Gasteiger partial charge >= 0.3 is 0 Å².